The standard InChI is InChI=1S/C13H11FO3/c1-2-5-17-13(16)11-7-8-6-9(14)3-4-10(8)12(11)15/h2-4,6,11H,1,5,7H2. The molecule has 0 bridgehead atoms. The van der Waals surface area contributed by atoms with Crippen molar-refractivity contribution in [3.05, 3.63) is 47.8 Å². The molecule has 2 rings (SSSR count). The highest BCUT2D eigenvalue weighted by Crippen LogP contribution is 2.28. The first-order chi connectivity index (χ1) is 8.13. The predicted octanol–water partition coefficient (Wildman–Crippen LogP) is 1.91. The molecule has 1 aromatic rings. The largest absolute Gasteiger partial charge is 0.461 e. The number of carbonyl (C=O) groups excluding carboxylic acids is 2. The second-order valence-electron chi connectivity index (χ2n) is 3.84. The Morgan fingerprint density at radius 3 is 3.06 bits per heavy atom. The summed E-state index contributed by atoms with van der Waals surface area (Å²) in [5.74, 6) is -2.12. The normalized spacial score (nSPS) is 17.7. The van der Waals surface area contributed by atoms with Crippen molar-refractivity contribution in [2.75, 3.05) is 6.61 Å². The van der Waals surface area contributed by atoms with E-state index < -0.39 is 17.7 Å². The zero-order chi connectivity index (χ0) is 12.4. The van der Waals surface area contributed by atoms with Crippen molar-refractivity contribution in [1.82, 2.24) is 0 Å². The van der Waals surface area contributed by atoms with Crippen molar-refractivity contribution in [1.29, 1.82) is 0 Å². The molecule has 0 heterocycles. The molecule has 0 fully saturated rings. The van der Waals surface area contributed by atoms with Gasteiger partial charge in [-0.3, -0.25) is 9.59 Å². The lowest BCUT2D eigenvalue weighted by Crippen LogP contribution is -2.23. The van der Waals surface area contributed by atoms with E-state index in [0.717, 1.165) is 0 Å². The Morgan fingerprint density at radius 2 is 2.35 bits per heavy atom. The molecule has 0 saturated heterocycles. The lowest BCUT2D eigenvalue weighted by molar-refractivity contribution is -0.145. The van der Waals surface area contributed by atoms with Crippen molar-refractivity contribution >= 4 is 11.8 Å². The van der Waals surface area contributed by atoms with E-state index in [1.807, 2.05) is 0 Å². The molecule has 1 atom stereocenters. The van der Waals surface area contributed by atoms with Crippen LogP contribution in [0.15, 0.2) is 30.9 Å². The van der Waals surface area contributed by atoms with Gasteiger partial charge >= 0.3 is 5.97 Å². The number of hydrogen-bond acceptors (Lipinski definition) is 3. The second kappa shape index (κ2) is 4.49. The first kappa shape index (κ1) is 11.5. The minimum atomic E-state index is -0.841. The highest BCUT2D eigenvalue weighted by Gasteiger charge is 2.36. The summed E-state index contributed by atoms with van der Waals surface area (Å²) in [6.07, 6.45) is 1.64. The molecule has 1 unspecified atom stereocenters. The fourth-order valence-electron chi connectivity index (χ4n) is 1.90. The van der Waals surface area contributed by atoms with Gasteiger partial charge in [-0.15, -0.1) is 0 Å². The van der Waals surface area contributed by atoms with E-state index in [2.05, 4.69) is 6.58 Å². The molecule has 0 amide bonds. The molecule has 0 aliphatic heterocycles. The first-order valence-corrected chi connectivity index (χ1v) is 5.23. The summed E-state index contributed by atoms with van der Waals surface area (Å²) in [7, 11) is 0. The summed E-state index contributed by atoms with van der Waals surface area (Å²) >= 11 is 0. The van der Waals surface area contributed by atoms with Crippen LogP contribution in [0.4, 0.5) is 4.39 Å². The number of carbonyl (C=O) groups is 2. The lowest BCUT2D eigenvalue weighted by atomic mass is 10.1. The SMILES string of the molecule is C=CCOC(=O)C1Cc2cc(F)ccc2C1=O. The Labute approximate surface area is 97.9 Å². The van der Waals surface area contributed by atoms with E-state index in [9.17, 15) is 14.0 Å². The van der Waals surface area contributed by atoms with E-state index in [-0.39, 0.29) is 18.8 Å². The molecule has 0 aromatic heterocycles. The molecular weight excluding hydrogens is 223 g/mol. The van der Waals surface area contributed by atoms with Crippen molar-refractivity contribution in [3.8, 4) is 0 Å². The minimum absolute atomic E-state index is 0.0767. The second-order valence-corrected chi connectivity index (χ2v) is 3.84. The zero-order valence-electron chi connectivity index (χ0n) is 9.11. The summed E-state index contributed by atoms with van der Waals surface area (Å²) < 4.78 is 17.8. The van der Waals surface area contributed by atoms with Gasteiger partial charge in [0, 0.05) is 5.56 Å². The molecule has 1 aliphatic rings. The molecule has 1 aromatic carbocycles. The smallest absolute Gasteiger partial charge is 0.317 e. The molecule has 1 aliphatic carbocycles. The van der Waals surface area contributed by atoms with Crippen LogP contribution in [-0.2, 0) is 16.0 Å². The molecular formula is C13H11FO3. The number of rotatable bonds is 3. The Hall–Kier alpha value is -1.97. The molecule has 0 radical (unpaired) electrons. The van der Waals surface area contributed by atoms with Gasteiger partial charge in [0.15, 0.2) is 5.78 Å². The van der Waals surface area contributed by atoms with Crippen LogP contribution in [0.1, 0.15) is 15.9 Å². The number of halogens is 1. The first-order valence-electron chi connectivity index (χ1n) is 5.23. The maximum absolute atomic E-state index is 13.0. The van der Waals surface area contributed by atoms with Gasteiger partial charge in [-0.05, 0) is 30.2 Å². The topological polar surface area (TPSA) is 43.4 Å². The molecule has 3 nitrogen and oxygen atoms in total. The van der Waals surface area contributed by atoms with Crippen LogP contribution in [0.25, 0.3) is 0 Å². The molecule has 88 valence electrons. The third-order valence-corrected chi connectivity index (χ3v) is 2.70. The van der Waals surface area contributed by atoms with Crippen LogP contribution in [-0.4, -0.2) is 18.4 Å². The highest BCUT2D eigenvalue weighted by atomic mass is 19.1. The fourth-order valence-corrected chi connectivity index (χ4v) is 1.90. The third kappa shape index (κ3) is 2.11. The Balaban J connectivity index is 2.19. The average Bonchev–Trinajstić information content (AvgIpc) is 2.63. The average molecular weight is 234 g/mol. The summed E-state index contributed by atoms with van der Waals surface area (Å²) in [6.45, 7) is 3.49. The maximum atomic E-state index is 13.0. The number of fused-ring (bicyclic) bond motifs is 1. The van der Waals surface area contributed by atoms with Crippen LogP contribution < -0.4 is 0 Å². The van der Waals surface area contributed by atoms with E-state index >= 15 is 0 Å². The van der Waals surface area contributed by atoms with Gasteiger partial charge in [0.05, 0.1) is 0 Å². The van der Waals surface area contributed by atoms with Gasteiger partial charge in [0.1, 0.15) is 18.3 Å². The van der Waals surface area contributed by atoms with E-state index in [4.69, 9.17) is 4.74 Å². The number of hydrogen-bond donors (Lipinski definition) is 0. The third-order valence-electron chi connectivity index (χ3n) is 2.70. The van der Waals surface area contributed by atoms with E-state index in [1.165, 1.54) is 24.3 Å². The summed E-state index contributed by atoms with van der Waals surface area (Å²) in [5.41, 5.74) is 0.975. The zero-order valence-corrected chi connectivity index (χ0v) is 9.11. The summed E-state index contributed by atoms with van der Waals surface area (Å²) in [6, 6.07) is 3.91. The van der Waals surface area contributed by atoms with Crippen LogP contribution in [0.2, 0.25) is 0 Å². The van der Waals surface area contributed by atoms with Gasteiger partial charge in [0.25, 0.3) is 0 Å². The van der Waals surface area contributed by atoms with Crippen LogP contribution in [0, 0.1) is 11.7 Å². The molecule has 17 heavy (non-hydrogen) atoms. The van der Waals surface area contributed by atoms with Gasteiger partial charge in [-0.1, -0.05) is 12.7 Å². The van der Waals surface area contributed by atoms with Crippen LogP contribution >= 0.6 is 0 Å². The van der Waals surface area contributed by atoms with Crippen molar-refractivity contribution < 1.29 is 18.7 Å². The van der Waals surface area contributed by atoms with E-state index in [0.29, 0.717) is 11.1 Å². The maximum Gasteiger partial charge on any atom is 0.317 e. The minimum Gasteiger partial charge on any atom is -0.461 e. The number of ketones is 1. The Morgan fingerprint density at radius 1 is 1.59 bits per heavy atom. The molecule has 0 N–H and O–H groups in total. The molecule has 0 saturated carbocycles. The van der Waals surface area contributed by atoms with Crippen molar-refractivity contribution in [2.45, 2.75) is 6.42 Å². The van der Waals surface area contributed by atoms with E-state index in [1.54, 1.807) is 0 Å². The molecule has 4 heteroatoms. The van der Waals surface area contributed by atoms with Crippen LogP contribution in [0.5, 0.6) is 0 Å². The number of Topliss-reactive ketones (excluding diaryl/α,β-unsaturated/α-hetero) is 1. The quantitative estimate of drug-likeness (QED) is 0.456. The highest BCUT2D eigenvalue weighted by molar-refractivity contribution is 6.12. The van der Waals surface area contributed by atoms with Crippen molar-refractivity contribution in [3.63, 3.8) is 0 Å². The number of ether oxygens (including phenoxy) is 1. The lowest BCUT2D eigenvalue weighted by Gasteiger charge is -2.06. The molecule has 0 spiro atoms. The predicted molar refractivity (Wildman–Crippen MR) is 59.1 cm³/mol. The van der Waals surface area contributed by atoms with Gasteiger partial charge < -0.3 is 4.74 Å². The van der Waals surface area contributed by atoms with Gasteiger partial charge in [-0.25, -0.2) is 4.39 Å². The van der Waals surface area contributed by atoms with Crippen molar-refractivity contribution in [2.24, 2.45) is 5.92 Å². The van der Waals surface area contributed by atoms with Gasteiger partial charge in [-0.2, -0.15) is 0 Å². The summed E-state index contributed by atoms with van der Waals surface area (Å²) in [5, 5.41) is 0. The number of benzene rings is 1. The number of esters is 1. The summed E-state index contributed by atoms with van der Waals surface area (Å²) in [4.78, 5) is 23.4. The monoisotopic (exact) mass is 234 g/mol. The Kier molecular flexibility index (Phi) is 3.04. The van der Waals surface area contributed by atoms with Gasteiger partial charge in [0.2, 0.25) is 0 Å². The Bertz CT molecular complexity index is 493. The van der Waals surface area contributed by atoms with Crippen LogP contribution in [0.3, 0.4) is 0 Å². The fraction of sp³-hybridized carbons (Fsp3) is 0.231.